The van der Waals surface area contributed by atoms with Gasteiger partial charge in [0.05, 0.1) is 12.7 Å². The summed E-state index contributed by atoms with van der Waals surface area (Å²) in [5.41, 5.74) is 1.04. The van der Waals surface area contributed by atoms with Crippen LogP contribution in [0.4, 0.5) is 0 Å². The van der Waals surface area contributed by atoms with E-state index in [9.17, 15) is 4.79 Å². The van der Waals surface area contributed by atoms with Crippen LogP contribution >= 0.6 is 0 Å². The Labute approximate surface area is 127 Å². The van der Waals surface area contributed by atoms with Crippen LogP contribution in [0.3, 0.4) is 0 Å². The lowest BCUT2D eigenvalue weighted by Gasteiger charge is -2.38. The van der Waals surface area contributed by atoms with Crippen molar-refractivity contribution in [2.45, 2.75) is 52.1 Å². The molecule has 0 aliphatic heterocycles. The molecule has 0 saturated heterocycles. The van der Waals surface area contributed by atoms with Crippen molar-refractivity contribution in [3.05, 3.63) is 29.3 Å². The number of ketones is 1. The Kier molecular flexibility index (Phi) is 5.04. The van der Waals surface area contributed by atoms with Gasteiger partial charge in [0.15, 0.2) is 5.78 Å². The van der Waals surface area contributed by atoms with Crippen molar-refractivity contribution in [3.63, 3.8) is 0 Å². The minimum absolute atomic E-state index is 0.0800. The van der Waals surface area contributed by atoms with Crippen molar-refractivity contribution < 1.29 is 14.3 Å². The highest BCUT2D eigenvalue weighted by molar-refractivity contribution is 6.05. The number of hydrogen-bond acceptors (Lipinski definition) is 3. The van der Waals surface area contributed by atoms with Crippen LogP contribution in [0.1, 0.15) is 55.5 Å². The molecular formula is C18H26O3. The lowest BCUT2D eigenvalue weighted by atomic mass is 9.74. The van der Waals surface area contributed by atoms with Crippen molar-refractivity contribution in [2.75, 3.05) is 13.7 Å². The summed E-state index contributed by atoms with van der Waals surface area (Å²) in [5.74, 6) is 1.24. The highest BCUT2D eigenvalue weighted by Gasteiger charge is 2.43. The van der Waals surface area contributed by atoms with E-state index in [2.05, 4.69) is 6.92 Å². The average molecular weight is 290 g/mol. The number of benzene rings is 1. The lowest BCUT2D eigenvalue weighted by molar-refractivity contribution is -0.0512. The molecule has 0 radical (unpaired) electrons. The third-order valence-electron chi connectivity index (χ3n) is 4.39. The molecule has 1 aromatic rings. The molecule has 0 aromatic heterocycles. The predicted octanol–water partition coefficient (Wildman–Crippen LogP) is 4.17. The minimum Gasteiger partial charge on any atom is -0.496 e. The summed E-state index contributed by atoms with van der Waals surface area (Å²) >= 11 is 0. The molecule has 2 rings (SSSR count). The Morgan fingerprint density at radius 3 is 2.81 bits per heavy atom. The van der Waals surface area contributed by atoms with Gasteiger partial charge < -0.3 is 9.47 Å². The molecular weight excluding hydrogens is 264 g/mol. The van der Waals surface area contributed by atoms with Gasteiger partial charge in [0, 0.05) is 6.61 Å². The Morgan fingerprint density at radius 2 is 2.19 bits per heavy atom. The summed E-state index contributed by atoms with van der Waals surface area (Å²) < 4.78 is 11.4. The SMILES string of the molecule is CCOC1(C(=O)c2cc(C)ccc2OC)CCCC(C)C1. The van der Waals surface area contributed by atoms with E-state index >= 15 is 0 Å². The van der Waals surface area contributed by atoms with Gasteiger partial charge in [-0.15, -0.1) is 0 Å². The summed E-state index contributed by atoms with van der Waals surface area (Å²) in [6.07, 6.45) is 3.83. The molecule has 1 aromatic carbocycles. The molecule has 0 bridgehead atoms. The van der Waals surface area contributed by atoms with Gasteiger partial charge in [-0.1, -0.05) is 25.0 Å². The van der Waals surface area contributed by atoms with E-state index in [0.29, 0.717) is 23.8 Å². The number of methoxy groups -OCH3 is 1. The van der Waals surface area contributed by atoms with E-state index in [1.165, 1.54) is 6.42 Å². The summed E-state index contributed by atoms with van der Waals surface area (Å²) in [4.78, 5) is 13.2. The Balaban J connectivity index is 2.41. The topological polar surface area (TPSA) is 35.5 Å². The highest BCUT2D eigenvalue weighted by atomic mass is 16.5. The fourth-order valence-electron chi connectivity index (χ4n) is 3.43. The zero-order valence-corrected chi connectivity index (χ0v) is 13.6. The van der Waals surface area contributed by atoms with Gasteiger partial charge in [0.2, 0.25) is 0 Å². The van der Waals surface area contributed by atoms with Gasteiger partial charge in [-0.25, -0.2) is 0 Å². The summed E-state index contributed by atoms with van der Waals surface area (Å²) in [6, 6.07) is 5.75. The molecule has 1 fully saturated rings. The normalized spacial score (nSPS) is 25.6. The number of Topliss-reactive ketones (excluding diaryl/α,β-unsaturated/α-hetero) is 1. The van der Waals surface area contributed by atoms with Crippen LogP contribution in [-0.4, -0.2) is 25.1 Å². The number of ether oxygens (including phenoxy) is 2. The van der Waals surface area contributed by atoms with Crippen molar-refractivity contribution in [2.24, 2.45) is 5.92 Å². The fourth-order valence-corrected chi connectivity index (χ4v) is 3.43. The first-order valence-electron chi connectivity index (χ1n) is 7.86. The van der Waals surface area contributed by atoms with Crippen molar-refractivity contribution in [3.8, 4) is 5.75 Å². The van der Waals surface area contributed by atoms with Gasteiger partial charge in [0.25, 0.3) is 0 Å². The lowest BCUT2D eigenvalue weighted by Crippen LogP contribution is -2.45. The van der Waals surface area contributed by atoms with Gasteiger partial charge in [-0.2, -0.15) is 0 Å². The van der Waals surface area contributed by atoms with Gasteiger partial charge in [0.1, 0.15) is 11.4 Å². The van der Waals surface area contributed by atoms with Crippen LogP contribution < -0.4 is 4.74 Å². The number of carbonyl (C=O) groups excluding carboxylic acids is 1. The molecule has 0 amide bonds. The van der Waals surface area contributed by atoms with E-state index in [-0.39, 0.29) is 5.78 Å². The molecule has 21 heavy (non-hydrogen) atoms. The third kappa shape index (κ3) is 3.29. The second-order valence-corrected chi connectivity index (χ2v) is 6.16. The number of rotatable bonds is 5. The predicted molar refractivity (Wildman–Crippen MR) is 84.1 cm³/mol. The minimum atomic E-state index is -0.673. The molecule has 1 aliphatic rings. The van der Waals surface area contributed by atoms with E-state index in [4.69, 9.17) is 9.47 Å². The molecule has 2 unspecified atom stereocenters. The molecule has 1 saturated carbocycles. The van der Waals surface area contributed by atoms with Crippen LogP contribution in [0, 0.1) is 12.8 Å². The number of hydrogen-bond donors (Lipinski definition) is 0. The van der Waals surface area contributed by atoms with Gasteiger partial charge in [-0.3, -0.25) is 4.79 Å². The third-order valence-corrected chi connectivity index (χ3v) is 4.39. The molecule has 116 valence electrons. The largest absolute Gasteiger partial charge is 0.496 e. The van der Waals surface area contributed by atoms with E-state index in [1.54, 1.807) is 7.11 Å². The Morgan fingerprint density at radius 1 is 1.43 bits per heavy atom. The highest BCUT2D eigenvalue weighted by Crippen LogP contribution is 2.39. The molecule has 2 atom stereocenters. The molecule has 0 N–H and O–H groups in total. The first kappa shape index (κ1) is 16.0. The van der Waals surface area contributed by atoms with Gasteiger partial charge in [-0.05, 0) is 51.2 Å². The van der Waals surface area contributed by atoms with Crippen LogP contribution in [0.5, 0.6) is 5.75 Å². The summed E-state index contributed by atoms with van der Waals surface area (Å²) in [5, 5.41) is 0. The van der Waals surface area contributed by atoms with Crippen LogP contribution in [0.15, 0.2) is 18.2 Å². The molecule has 1 aliphatic carbocycles. The number of carbonyl (C=O) groups is 1. The molecule has 0 heterocycles. The van der Waals surface area contributed by atoms with Crippen molar-refractivity contribution in [1.82, 2.24) is 0 Å². The molecule has 0 spiro atoms. The first-order valence-corrected chi connectivity index (χ1v) is 7.86. The van der Waals surface area contributed by atoms with Gasteiger partial charge >= 0.3 is 0 Å². The van der Waals surface area contributed by atoms with Crippen LogP contribution in [0.2, 0.25) is 0 Å². The maximum atomic E-state index is 13.2. The Bertz CT molecular complexity index is 505. The fraction of sp³-hybridized carbons (Fsp3) is 0.611. The molecule has 3 heteroatoms. The maximum absolute atomic E-state index is 13.2. The zero-order chi connectivity index (χ0) is 15.5. The van der Waals surface area contributed by atoms with E-state index in [0.717, 1.165) is 24.8 Å². The van der Waals surface area contributed by atoms with Crippen molar-refractivity contribution >= 4 is 5.78 Å². The van der Waals surface area contributed by atoms with E-state index in [1.807, 2.05) is 32.0 Å². The summed E-state index contributed by atoms with van der Waals surface area (Å²) in [6.45, 7) is 6.72. The van der Waals surface area contributed by atoms with Crippen LogP contribution in [-0.2, 0) is 4.74 Å². The second-order valence-electron chi connectivity index (χ2n) is 6.16. The van der Waals surface area contributed by atoms with Crippen LogP contribution in [0.25, 0.3) is 0 Å². The first-order chi connectivity index (χ1) is 10.0. The zero-order valence-electron chi connectivity index (χ0n) is 13.6. The Hall–Kier alpha value is -1.35. The maximum Gasteiger partial charge on any atom is 0.198 e. The average Bonchev–Trinajstić information content (AvgIpc) is 2.46. The number of aryl methyl sites for hydroxylation is 1. The standard InChI is InChI=1S/C18H26O3/c1-5-21-18(10-6-7-14(3)12-18)17(19)15-11-13(2)8-9-16(15)20-4/h8-9,11,14H,5-7,10,12H2,1-4H3. The van der Waals surface area contributed by atoms with Crippen molar-refractivity contribution in [1.29, 1.82) is 0 Å². The van der Waals surface area contributed by atoms with E-state index < -0.39 is 5.60 Å². The summed E-state index contributed by atoms with van der Waals surface area (Å²) in [7, 11) is 1.61. The quantitative estimate of drug-likeness (QED) is 0.763. The monoisotopic (exact) mass is 290 g/mol. The smallest absolute Gasteiger partial charge is 0.198 e. The second kappa shape index (κ2) is 6.61. The molecule has 3 nitrogen and oxygen atoms in total.